The lowest BCUT2D eigenvalue weighted by Crippen LogP contribution is -2.02. The van der Waals surface area contributed by atoms with Gasteiger partial charge in [0.05, 0.1) is 7.11 Å². The zero-order valence-electron chi connectivity index (χ0n) is 11.6. The fourth-order valence-electron chi connectivity index (χ4n) is 2.26. The van der Waals surface area contributed by atoms with E-state index in [1.54, 1.807) is 7.11 Å². The Kier molecular flexibility index (Phi) is 4.40. The van der Waals surface area contributed by atoms with Gasteiger partial charge >= 0.3 is 0 Å². The standard InChI is InChI=1S/C18H20O/c1-14(13-16-9-5-4-6-10-16)15(2)17-11-7-8-12-18(17)19-3/h4-12,15H,1,13H2,2-3H3/t15-/m0/s1. The van der Waals surface area contributed by atoms with Gasteiger partial charge in [0.25, 0.3) is 0 Å². The molecule has 2 rings (SSSR count). The van der Waals surface area contributed by atoms with Gasteiger partial charge in [-0.1, -0.05) is 67.6 Å². The number of ether oxygens (including phenoxy) is 1. The first-order valence-corrected chi connectivity index (χ1v) is 6.57. The van der Waals surface area contributed by atoms with Crippen LogP contribution in [0.5, 0.6) is 5.75 Å². The van der Waals surface area contributed by atoms with E-state index < -0.39 is 0 Å². The molecule has 1 atom stereocenters. The number of rotatable bonds is 5. The quantitative estimate of drug-likeness (QED) is 0.707. The molecule has 0 amide bonds. The highest BCUT2D eigenvalue weighted by atomic mass is 16.5. The van der Waals surface area contributed by atoms with E-state index in [4.69, 9.17) is 4.74 Å². The van der Waals surface area contributed by atoms with Crippen molar-refractivity contribution in [3.8, 4) is 5.75 Å². The van der Waals surface area contributed by atoms with Gasteiger partial charge in [0.2, 0.25) is 0 Å². The van der Waals surface area contributed by atoms with E-state index in [1.807, 2.05) is 24.3 Å². The summed E-state index contributed by atoms with van der Waals surface area (Å²) in [5.41, 5.74) is 3.70. The largest absolute Gasteiger partial charge is 0.496 e. The molecule has 2 aromatic rings. The van der Waals surface area contributed by atoms with Gasteiger partial charge in [0, 0.05) is 11.5 Å². The predicted octanol–water partition coefficient (Wildman–Crippen LogP) is 4.60. The summed E-state index contributed by atoms with van der Waals surface area (Å²) in [6.45, 7) is 6.43. The average molecular weight is 252 g/mol. The number of methoxy groups -OCH3 is 1. The Morgan fingerprint density at radius 3 is 2.37 bits per heavy atom. The number of para-hydroxylation sites is 1. The highest BCUT2D eigenvalue weighted by Gasteiger charge is 2.14. The Morgan fingerprint density at radius 2 is 1.68 bits per heavy atom. The van der Waals surface area contributed by atoms with Crippen molar-refractivity contribution in [3.63, 3.8) is 0 Å². The molecule has 0 aliphatic rings. The van der Waals surface area contributed by atoms with Crippen molar-refractivity contribution in [2.45, 2.75) is 19.3 Å². The van der Waals surface area contributed by atoms with Crippen LogP contribution in [0.25, 0.3) is 0 Å². The van der Waals surface area contributed by atoms with E-state index in [0.29, 0.717) is 0 Å². The van der Waals surface area contributed by atoms with Gasteiger partial charge < -0.3 is 4.74 Å². The maximum Gasteiger partial charge on any atom is 0.122 e. The van der Waals surface area contributed by atoms with Crippen LogP contribution in [0.1, 0.15) is 24.0 Å². The molecule has 0 bridgehead atoms. The number of hydrogen-bond donors (Lipinski definition) is 0. The lowest BCUT2D eigenvalue weighted by atomic mass is 9.89. The molecule has 0 radical (unpaired) electrons. The minimum absolute atomic E-state index is 0.288. The molecule has 0 aromatic heterocycles. The van der Waals surface area contributed by atoms with Crippen LogP contribution < -0.4 is 4.74 Å². The zero-order valence-corrected chi connectivity index (χ0v) is 11.6. The molecule has 0 saturated carbocycles. The van der Waals surface area contributed by atoms with Crippen LogP contribution >= 0.6 is 0 Å². The van der Waals surface area contributed by atoms with Crippen molar-refractivity contribution in [2.75, 3.05) is 7.11 Å². The van der Waals surface area contributed by atoms with Crippen LogP contribution in [0, 0.1) is 0 Å². The molecule has 98 valence electrons. The molecule has 0 spiro atoms. The van der Waals surface area contributed by atoms with E-state index in [-0.39, 0.29) is 5.92 Å². The second kappa shape index (κ2) is 6.24. The molecule has 0 heterocycles. The molecule has 0 saturated heterocycles. The molecule has 0 N–H and O–H groups in total. The Bertz CT molecular complexity index is 543. The summed E-state index contributed by atoms with van der Waals surface area (Å²) in [4.78, 5) is 0. The first-order valence-electron chi connectivity index (χ1n) is 6.57. The smallest absolute Gasteiger partial charge is 0.122 e. The van der Waals surface area contributed by atoms with E-state index in [0.717, 1.165) is 12.2 Å². The van der Waals surface area contributed by atoms with E-state index in [1.165, 1.54) is 16.7 Å². The van der Waals surface area contributed by atoms with Gasteiger partial charge in [0.1, 0.15) is 5.75 Å². The van der Waals surface area contributed by atoms with Crippen LogP contribution in [0.4, 0.5) is 0 Å². The normalized spacial score (nSPS) is 11.9. The van der Waals surface area contributed by atoms with Gasteiger partial charge in [-0.3, -0.25) is 0 Å². The van der Waals surface area contributed by atoms with Crippen molar-refractivity contribution in [3.05, 3.63) is 77.9 Å². The molecule has 0 aliphatic carbocycles. The van der Waals surface area contributed by atoms with Crippen LogP contribution in [0.15, 0.2) is 66.7 Å². The van der Waals surface area contributed by atoms with E-state index in [9.17, 15) is 0 Å². The molecule has 19 heavy (non-hydrogen) atoms. The summed E-state index contributed by atoms with van der Waals surface area (Å²) in [6, 6.07) is 18.6. The molecule has 0 unspecified atom stereocenters. The third-order valence-corrected chi connectivity index (χ3v) is 3.49. The SMILES string of the molecule is C=C(Cc1ccccc1)[C@H](C)c1ccccc1OC. The lowest BCUT2D eigenvalue weighted by Gasteiger charge is -2.18. The predicted molar refractivity (Wildman–Crippen MR) is 80.7 cm³/mol. The first-order chi connectivity index (χ1) is 9.22. The maximum atomic E-state index is 5.43. The van der Waals surface area contributed by atoms with Gasteiger partial charge in [-0.15, -0.1) is 0 Å². The minimum Gasteiger partial charge on any atom is -0.496 e. The summed E-state index contributed by atoms with van der Waals surface area (Å²) in [6.07, 6.45) is 0.903. The van der Waals surface area contributed by atoms with Crippen molar-refractivity contribution < 1.29 is 4.74 Å². The second-order valence-electron chi connectivity index (χ2n) is 4.78. The summed E-state index contributed by atoms with van der Waals surface area (Å²) in [5, 5.41) is 0. The third-order valence-electron chi connectivity index (χ3n) is 3.49. The van der Waals surface area contributed by atoms with E-state index >= 15 is 0 Å². The molecule has 2 aromatic carbocycles. The molecule has 0 fully saturated rings. The Balaban J connectivity index is 2.15. The fourth-order valence-corrected chi connectivity index (χ4v) is 2.26. The van der Waals surface area contributed by atoms with Crippen LogP contribution in [-0.4, -0.2) is 7.11 Å². The molecular weight excluding hydrogens is 232 g/mol. The van der Waals surface area contributed by atoms with Gasteiger partial charge in [-0.25, -0.2) is 0 Å². The van der Waals surface area contributed by atoms with Crippen molar-refractivity contribution in [1.29, 1.82) is 0 Å². The van der Waals surface area contributed by atoms with Crippen molar-refractivity contribution >= 4 is 0 Å². The monoisotopic (exact) mass is 252 g/mol. The van der Waals surface area contributed by atoms with E-state index in [2.05, 4.69) is 43.8 Å². The Labute approximate surface area is 115 Å². The Morgan fingerprint density at radius 1 is 1.05 bits per heavy atom. The van der Waals surface area contributed by atoms with Crippen LogP contribution in [0.3, 0.4) is 0 Å². The third kappa shape index (κ3) is 3.25. The molecular formula is C18H20O. The summed E-state index contributed by atoms with van der Waals surface area (Å²) in [5.74, 6) is 1.22. The number of hydrogen-bond acceptors (Lipinski definition) is 1. The van der Waals surface area contributed by atoms with Gasteiger partial charge in [-0.05, 0) is 18.1 Å². The Hall–Kier alpha value is -2.02. The van der Waals surface area contributed by atoms with Crippen LogP contribution in [0.2, 0.25) is 0 Å². The number of allylic oxidation sites excluding steroid dienone is 1. The minimum atomic E-state index is 0.288. The van der Waals surface area contributed by atoms with Crippen LogP contribution in [-0.2, 0) is 6.42 Å². The molecule has 1 heteroatoms. The molecule has 1 nitrogen and oxygen atoms in total. The highest BCUT2D eigenvalue weighted by molar-refractivity contribution is 5.40. The maximum absolute atomic E-state index is 5.43. The van der Waals surface area contributed by atoms with Gasteiger partial charge in [0.15, 0.2) is 0 Å². The van der Waals surface area contributed by atoms with Crippen molar-refractivity contribution in [1.82, 2.24) is 0 Å². The second-order valence-corrected chi connectivity index (χ2v) is 4.78. The van der Waals surface area contributed by atoms with Gasteiger partial charge in [-0.2, -0.15) is 0 Å². The van der Waals surface area contributed by atoms with Crippen molar-refractivity contribution in [2.24, 2.45) is 0 Å². The molecule has 0 aliphatic heterocycles. The lowest BCUT2D eigenvalue weighted by molar-refractivity contribution is 0.408. The topological polar surface area (TPSA) is 9.23 Å². The first kappa shape index (κ1) is 13.4. The highest BCUT2D eigenvalue weighted by Crippen LogP contribution is 2.31. The summed E-state index contributed by atoms with van der Waals surface area (Å²) in [7, 11) is 1.71. The fraction of sp³-hybridized carbons (Fsp3) is 0.222. The average Bonchev–Trinajstić information content (AvgIpc) is 2.47. The summed E-state index contributed by atoms with van der Waals surface area (Å²) >= 11 is 0. The zero-order chi connectivity index (χ0) is 13.7. The summed E-state index contributed by atoms with van der Waals surface area (Å²) < 4.78 is 5.43. The number of benzene rings is 2.